The van der Waals surface area contributed by atoms with Crippen LogP contribution in [0.2, 0.25) is 0 Å². The Kier molecular flexibility index (Phi) is 3.25. The minimum Gasteiger partial charge on any atom is -0.491 e. The minimum absolute atomic E-state index is 0.214. The van der Waals surface area contributed by atoms with Crippen molar-refractivity contribution >= 4 is 11.8 Å². The van der Waals surface area contributed by atoms with Gasteiger partial charge in [0.15, 0.2) is 11.5 Å². The smallest absolute Gasteiger partial charge is 0.292 e. The molecule has 0 amide bonds. The zero-order valence-corrected chi connectivity index (χ0v) is 7.35. The van der Waals surface area contributed by atoms with Crippen LogP contribution >= 0.6 is 0 Å². The second-order valence-corrected chi connectivity index (χ2v) is 2.20. The zero-order chi connectivity index (χ0) is 10.4. The molecule has 1 rings (SSSR count). The van der Waals surface area contributed by atoms with Crippen molar-refractivity contribution in [2.24, 2.45) is 4.99 Å². The number of rotatable bonds is 3. The number of ether oxygens (including phenoxy) is 2. The molecule has 0 aliphatic heterocycles. The summed E-state index contributed by atoms with van der Waals surface area (Å²) in [6, 6.07) is 4.67. The number of hydrogen-bond donors (Lipinski definition) is 0. The highest BCUT2D eigenvalue weighted by atomic mass is 16.5. The first-order chi connectivity index (χ1) is 6.83. The van der Waals surface area contributed by atoms with Gasteiger partial charge < -0.3 is 9.47 Å². The third-order valence-corrected chi connectivity index (χ3v) is 1.48. The number of para-hydroxylation sites is 1. The van der Waals surface area contributed by atoms with Crippen molar-refractivity contribution in [1.29, 1.82) is 5.26 Å². The standard InChI is InChI=1S/C9H6N2O3/c1-13-9-7(11-6-12)3-2-4-8(9)14-5-10/h2-4H,1H3. The molecule has 0 heterocycles. The lowest BCUT2D eigenvalue weighted by molar-refractivity contribution is 0.385. The van der Waals surface area contributed by atoms with Gasteiger partial charge in [0.05, 0.1) is 7.11 Å². The Labute approximate surface area is 80.2 Å². The Balaban J connectivity index is 3.25. The predicted octanol–water partition coefficient (Wildman–Crippen LogP) is 1.52. The molecule has 0 aliphatic carbocycles. The van der Waals surface area contributed by atoms with Gasteiger partial charge >= 0.3 is 0 Å². The average Bonchev–Trinajstić information content (AvgIpc) is 2.19. The highest BCUT2D eigenvalue weighted by Gasteiger charge is 2.09. The number of nitriles is 1. The van der Waals surface area contributed by atoms with Gasteiger partial charge in [-0.3, -0.25) is 0 Å². The fourth-order valence-electron chi connectivity index (χ4n) is 0.976. The molecule has 0 aromatic heterocycles. The third kappa shape index (κ3) is 1.89. The highest BCUT2D eigenvalue weighted by Crippen LogP contribution is 2.36. The Morgan fingerprint density at radius 2 is 2.29 bits per heavy atom. The molecule has 0 unspecified atom stereocenters. The van der Waals surface area contributed by atoms with Crippen LogP contribution in [0.1, 0.15) is 0 Å². The molecule has 0 fully saturated rings. The number of nitrogens with zero attached hydrogens (tertiary/aromatic N) is 2. The van der Waals surface area contributed by atoms with Crippen molar-refractivity contribution in [3.05, 3.63) is 18.2 Å². The van der Waals surface area contributed by atoms with Crippen molar-refractivity contribution in [2.45, 2.75) is 0 Å². The Hall–Kier alpha value is -2.31. The molecule has 0 bridgehead atoms. The quantitative estimate of drug-likeness (QED) is 0.411. The second-order valence-electron chi connectivity index (χ2n) is 2.20. The van der Waals surface area contributed by atoms with E-state index < -0.39 is 0 Å². The molecule has 0 N–H and O–H groups in total. The van der Waals surface area contributed by atoms with Crippen molar-refractivity contribution in [2.75, 3.05) is 7.11 Å². The molecule has 70 valence electrons. The maximum absolute atomic E-state index is 10.1. The summed E-state index contributed by atoms with van der Waals surface area (Å²) in [6.07, 6.45) is 2.89. The number of hydrogen-bond acceptors (Lipinski definition) is 5. The summed E-state index contributed by atoms with van der Waals surface area (Å²) in [6.45, 7) is 0. The molecule has 0 spiro atoms. The van der Waals surface area contributed by atoms with E-state index in [4.69, 9.17) is 10.00 Å². The van der Waals surface area contributed by atoms with Gasteiger partial charge in [-0.1, -0.05) is 6.07 Å². The monoisotopic (exact) mass is 190 g/mol. The predicted molar refractivity (Wildman–Crippen MR) is 47.0 cm³/mol. The molecule has 0 saturated heterocycles. The van der Waals surface area contributed by atoms with Gasteiger partial charge in [-0.05, 0) is 12.1 Å². The summed E-state index contributed by atoms with van der Waals surface area (Å²) in [5.41, 5.74) is 0.273. The van der Waals surface area contributed by atoms with E-state index in [1.807, 2.05) is 0 Å². The average molecular weight is 190 g/mol. The normalized spacial score (nSPS) is 8.29. The van der Waals surface area contributed by atoms with E-state index >= 15 is 0 Å². The van der Waals surface area contributed by atoms with Crippen LogP contribution in [0.5, 0.6) is 11.5 Å². The van der Waals surface area contributed by atoms with Crippen LogP contribution in [0, 0.1) is 11.5 Å². The Bertz CT molecular complexity index is 417. The van der Waals surface area contributed by atoms with E-state index in [1.165, 1.54) is 25.5 Å². The number of benzene rings is 1. The zero-order valence-electron chi connectivity index (χ0n) is 7.35. The van der Waals surface area contributed by atoms with Gasteiger partial charge in [-0.15, -0.1) is 5.26 Å². The molecule has 5 nitrogen and oxygen atoms in total. The van der Waals surface area contributed by atoms with E-state index in [0.717, 1.165) is 0 Å². The maximum Gasteiger partial charge on any atom is 0.292 e. The van der Waals surface area contributed by atoms with Gasteiger partial charge in [0.1, 0.15) is 5.69 Å². The van der Waals surface area contributed by atoms with Crippen molar-refractivity contribution < 1.29 is 14.3 Å². The number of carbonyl (C=O) groups excluding carboxylic acids is 1. The molecular formula is C9H6N2O3. The lowest BCUT2D eigenvalue weighted by Gasteiger charge is -2.05. The maximum atomic E-state index is 10.1. The first-order valence-corrected chi connectivity index (χ1v) is 3.64. The van der Waals surface area contributed by atoms with E-state index in [2.05, 4.69) is 9.73 Å². The van der Waals surface area contributed by atoms with Crippen LogP contribution in [0.3, 0.4) is 0 Å². The Morgan fingerprint density at radius 1 is 1.50 bits per heavy atom. The van der Waals surface area contributed by atoms with Gasteiger partial charge in [-0.2, -0.15) is 4.99 Å². The van der Waals surface area contributed by atoms with E-state index in [9.17, 15) is 4.79 Å². The molecular weight excluding hydrogens is 184 g/mol. The lowest BCUT2D eigenvalue weighted by atomic mass is 10.3. The van der Waals surface area contributed by atoms with Crippen molar-refractivity contribution in [3.63, 3.8) is 0 Å². The van der Waals surface area contributed by atoms with Crippen molar-refractivity contribution in [1.82, 2.24) is 0 Å². The fraction of sp³-hybridized carbons (Fsp3) is 0.111. The number of methoxy groups -OCH3 is 1. The SMILES string of the molecule is COc1c(N=C=O)cccc1OC#N. The number of aliphatic imine (C=N–C) groups is 1. The van der Waals surface area contributed by atoms with Gasteiger partial charge in [0.25, 0.3) is 6.26 Å². The molecule has 1 aromatic carbocycles. The first-order valence-electron chi connectivity index (χ1n) is 3.64. The molecule has 0 atom stereocenters. The third-order valence-electron chi connectivity index (χ3n) is 1.48. The minimum atomic E-state index is 0.214. The summed E-state index contributed by atoms with van der Waals surface area (Å²) in [4.78, 5) is 13.5. The molecule has 0 aliphatic rings. The lowest BCUT2D eigenvalue weighted by Crippen LogP contribution is -1.89. The van der Waals surface area contributed by atoms with Gasteiger partial charge in [-0.25, -0.2) is 4.79 Å². The van der Waals surface area contributed by atoms with Crippen LogP contribution in [0.25, 0.3) is 0 Å². The fourth-order valence-corrected chi connectivity index (χ4v) is 0.976. The highest BCUT2D eigenvalue weighted by molar-refractivity contribution is 5.63. The van der Waals surface area contributed by atoms with E-state index in [-0.39, 0.29) is 17.2 Å². The van der Waals surface area contributed by atoms with Crippen LogP contribution in [0.4, 0.5) is 5.69 Å². The summed E-state index contributed by atoms with van der Waals surface area (Å²) in [5.74, 6) is 0.448. The second kappa shape index (κ2) is 4.65. The molecule has 0 saturated carbocycles. The topological polar surface area (TPSA) is 71.7 Å². The molecule has 0 radical (unpaired) electrons. The summed E-state index contributed by atoms with van der Waals surface area (Å²) in [5, 5.41) is 8.32. The van der Waals surface area contributed by atoms with E-state index in [0.29, 0.717) is 0 Å². The van der Waals surface area contributed by atoms with Crippen LogP contribution in [-0.2, 0) is 4.79 Å². The van der Waals surface area contributed by atoms with Gasteiger partial charge in [0.2, 0.25) is 6.08 Å². The first kappa shape index (κ1) is 9.78. The van der Waals surface area contributed by atoms with Crippen LogP contribution in [0.15, 0.2) is 23.2 Å². The number of isocyanates is 1. The van der Waals surface area contributed by atoms with Crippen LogP contribution in [-0.4, -0.2) is 13.2 Å². The largest absolute Gasteiger partial charge is 0.491 e. The molecule has 14 heavy (non-hydrogen) atoms. The summed E-state index contributed by atoms with van der Waals surface area (Å²) >= 11 is 0. The molecule has 5 heteroatoms. The van der Waals surface area contributed by atoms with E-state index in [1.54, 1.807) is 12.1 Å². The van der Waals surface area contributed by atoms with Crippen molar-refractivity contribution in [3.8, 4) is 17.8 Å². The summed E-state index contributed by atoms with van der Waals surface area (Å²) < 4.78 is 9.54. The van der Waals surface area contributed by atoms with Gasteiger partial charge in [0, 0.05) is 0 Å². The Morgan fingerprint density at radius 3 is 2.86 bits per heavy atom. The molecule has 1 aromatic rings. The summed E-state index contributed by atoms with van der Waals surface area (Å²) in [7, 11) is 1.39. The van der Waals surface area contributed by atoms with Crippen LogP contribution < -0.4 is 9.47 Å².